The van der Waals surface area contributed by atoms with Crippen molar-refractivity contribution in [1.29, 1.82) is 0 Å². The Kier molecular flexibility index (Phi) is 4.87. The Morgan fingerprint density at radius 3 is 2.72 bits per heavy atom. The van der Waals surface area contributed by atoms with E-state index in [2.05, 4.69) is 15.1 Å². The quantitative estimate of drug-likeness (QED) is 0.653. The number of carbonyl (C=O) groups is 1. The minimum Gasteiger partial charge on any atom is -0.497 e. The summed E-state index contributed by atoms with van der Waals surface area (Å²) in [7, 11) is 3.00. The highest BCUT2D eigenvalue weighted by Crippen LogP contribution is 2.37. The number of nitrogens with zero attached hydrogens (tertiary/aromatic N) is 4. The molecule has 29 heavy (non-hydrogen) atoms. The van der Waals surface area contributed by atoms with Crippen LogP contribution in [0.5, 0.6) is 11.6 Å². The zero-order valence-electron chi connectivity index (χ0n) is 16.0. The van der Waals surface area contributed by atoms with Gasteiger partial charge in [-0.3, -0.25) is 4.79 Å². The van der Waals surface area contributed by atoms with Gasteiger partial charge >= 0.3 is 0 Å². The number of rotatable bonds is 5. The zero-order valence-corrected chi connectivity index (χ0v) is 16.0. The molecular weight excluding hydrogens is 379 g/mol. The first-order valence-electron chi connectivity index (χ1n) is 9.00. The van der Waals surface area contributed by atoms with Gasteiger partial charge in [0.15, 0.2) is 0 Å². The van der Waals surface area contributed by atoms with Crippen LogP contribution in [-0.4, -0.2) is 53.2 Å². The topological polar surface area (TPSA) is 90.6 Å². The van der Waals surface area contributed by atoms with E-state index in [-0.39, 0.29) is 48.6 Å². The first-order valence-corrected chi connectivity index (χ1v) is 9.00. The number of alkyl halides is 1. The number of benzene rings is 1. The average Bonchev–Trinajstić information content (AvgIpc) is 3.42. The predicted octanol–water partition coefficient (Wildman–Crippen LogP) is 2.86. The number of hydrogen-bond donors (Lipinski definition) is 0. The first-order chi connectivity index (χ1) is 14.0. The zero-order chi connectivity index (χ0) is 20.4. The van der Waals surface area contributed by atoms with Gasteiger partial charge in [-0.15, -0.1) is 0 Å². The van der Waals surface area contributed by atoms with Crippen LogP contribution in [0, 0.1) is 0 Å². The molecule has 0 saturated carbocycles. The van der Waals surface area contributed by atoms with E-state index < -0.39 is 5.67 Å². The fourth-order valence-corrected chi connectivity index (χ4v) is 3.27. The minimum atomic E-state index is -1.91. The summed E-state index contributed by atoms with van der Waals surface area (Å²) < 4.78 is 31.0. The van der Waals surface area contributed by atoms with Gasteiger partial charge in [-0.25, -0.2) is 9.37 Å². The summed E-state index contributed by atoms with van der Waals surface area (Å²) in [6, 6.07) is 10.3. The molecule has 1 aromatic carbocycles. The Hall–Kier alpha value is -3.49. The largest absolute Gasteiger partial charge is 0.497 e. The van der Waals surface area contributed by atoms with Gasteiger partial charge in [0.2, 0.25) is 17.4 Å². The van der Waals surface area contributed by atoms with E-state index >= 15 is 4.39 Å². The maximum absolute atomic E-state index is 15.5. The van der Waals surface area contributed by atoms with Gasteiger partial charge in [0.25, 0.3) is 11.8 Å². The molecule has 0 N–H and O–H groups in total. The molecule has 0 spiro atoms. The Morgan fingerprint density at radius 1 is 1.21 bits per heavy atom. The normalized spacial score (nSPS) is 18.7. The summed E-state index contributed by atoms with van der Waals surface area (Å²) in [5, 5.41) is 3.89. The summed E-state index contributed by atoms with van der Waals surface area (Å²) >= 11 is 0. The molecule has 1 saturated heterocycles. The van der Waals surface area contributed by atoms with Crippen LogP contribution in [-0.2, 0) is 5.67 Å². The lowest BCUT2D eigenvalue weighted by Gasteiger charge is -2.18. The van der Waals surface area contributed by atoms with Gasteiger partial charge in [-0.05, 0) is 36.4 Å². The number of amides is 1. The SMILES string of the molecule is COc1ccc(-c2noc(C3(F)CCN(C(=O)c4cccnc4OC)C3)n2)cc1. The molecule has 3 heterocycles. The number of aromatic nitrogens is 3. The van der Waals surface area contributed by atoms with E-state index in [1.165, 1.54) is 18.2 Å². The molecule has 0 aliphatic carbocycles. The third-order valence-electron chi connectivity index (χ3n) is 4.86. The second-order valence-corrected chi connectivity index (χ2v) is 6.65. The fourth-order valence-electron chi connectivity index (χ4n) is 3.27. The third-order valence-corrected chi connectivity index (χ3v) is 4.86. The molecule has 1 atom stereocenters. The predicted molar refractivity (Wildman–Crippen MR) is 100 cm³/mol. The van der Waals surface area contributed by atoms with Crippen molar-refractivity contribution in [2.45, 2.75) is 12.1 Å². The standard InChI is InChI=1S/C20H19FN4O4/c1-27-14-7-5-13(6-8-14)16-23-19(29-24-16)20(21)9-11-25(12-20)18(26)15-4-3-10-22-17(15)28-2/h3-8,10H,9,11-12H2,1-2H3. The van der Waals surface area contributed by atoms with Gasteiger partial charge in [0.1, 0.15) is 11.3 Å². The van der Waals surface area contributed by atoms with Crippen molar-refractivity contribution in [2.75, 3.05) is 27.3 Å². The molecule has 2 aromatic heterocycles. The van der Waals surface area contributed by atoms with Crippen LogP contribution < -0.4 is 9.47 Å². The molecule has 1 amide bonds. The van der Waals surface area contributed by atoms with Crippen molar-refractivity contribution in [1.82, 2.24) is 20.0 Å². The van der Waals surface area contributed by atoms with E-state index in [1.807, 2.05) is 0 Å². The van der Waals surface area contributed by atoms with Crippen molar-refractivity contribution in [2.24, 2.45) is 0 Å². The van der Waals surface area contributed by atoms with Gasteiger partial charge < -0.3 is 18.9 Å². The van der Waals surface area contributed by atoms with Crippen molar-refractivity contribution in [3.8, 4) is 23.0 Å². The number of hydrogen-bond acceptors (Lipinski definition) is 7. The summed E-state index contributed by atoms with van der Waals surface area (Å²) in [5.74, 6) is 0.670. The van der Waals surface area contributed by atoms with E-state index in [9.17, 15) is 4.79 Å². The lowest BCUT2D eigenvalue weighted by Crippen LogP contribution is -2.32. The monoisotopic (exact) mass is 398 g/mol. The molecular formula is C20H19FN4O4. The molecule has 0 radical (unpaired) electrons. The van der Waals surface area contributed by atoms with Gasteiger partial charge in [-0.1, -0.05) is 5.16 Å². The van der Waals surface area contributed by atoms with Crippen LogP contribution in [0.2, 0.25) is 0 Å². The van der Waals surface area contributed by atoms with Crippen LogP contribution in [0.4, 0.5) is 4.39 Å². The fraction of sp³-hybridized carbons (Fsp3) is 0.300. The van der Waals surface area contributed by atoms with Crippen LogP contribution >= 0.6 is 0 Å². The molecule has 9 heteroatoms. The Bertz CT molecular complexity index is 1020. The number of likely N-dealkylation sites (tertiary alicyclic amines) is 1. The van der Waals surface area contributed by atoms with Gasteiger partial charge in [-0.2, -0.15) is 4.98 Å². The average molecular weight is 398 g/mol. The van der Waals surface area contributed by atoms with E-state index in [0.717, 1.165) is 0 Å². The number of halogens is 1. The minimum absolute atomic E-state index is 0.0611. The molecule has 8 nitrogen and oxygen atoms in total. The number of methoxy groups -OCH3 is 2. The molecule has 1 aliphatic heterocycles. The second kappa shape index (κ2) is 7.50. The second-order valence-electron chi connectivity index (χ2n) is 6.65. The molecule has 1 aliphatic rings. The van der Waals surface area contributed by atoms with Crippen LogP contribution in [0.15, 0.2) is 47.1 Å². The first kappa shape index (κ1) is 18.9. The van der Waals surface area contributed by atoms with Crippen molar-refractivity contribution in [3.63, 3.8) is 0 Å². The van der Waals surface area contributed by atoms with E-state index in [4.69, 9.17) is 14.0 Å². The van der Waals surface area contributed by atoms with Crippen molar-refractivity contribution in [3.05, 3.63) is 54.0 Å². The molecule has 1 unspecified atom stereocenters. The summed E-state index contributed by atoms with van der Waals surface area (Å²) in [5.41, 5.74) is -0.956. The molecule has 3 aromatic rings. The molecule has 150 valence electrons. The summed E-state index contributed by atoms with van der Waals surface area (Å²) in [6.07, 6.45) is 1.59. The molecule has 0 bridgehead atoms. The van der Waals surface area contributed by atoms with Crippen LogP contribution in [0.25, 0.3) is 11.4 Å². The maximum Gasteiger partial charge on any atom is 0.266 e. The lowest BCUT2D eigenvalue weighted by molar-refractivity contribution is 0.0713. The molecule has 1 fully saturated rings. The Morgan fingerprint density at radius 2 is 2.00 bits per heavy atom. The highest BCUT2D eigenvalue weighted by molar-refractivity contribution is 5.96. The highest BCUT2D eigenvalue weighted by Gasteiger charge is 2.47. The maximum atomic E-state index is 15.5. The lowest BCUT2D eigenvalue weighted by atomic mass is 10.1. The molecule has 4 rings (SSSR count). The van der Waals surface area contributed by atoms with Gasteiger partial charge in [0.05, 0.1) is 20.8 Å². The highest BCUT2D eigenvalue weighted by atomic mass is 19.1. The van der Waals surface area contributed by atoms with Crippen molar-refractivity contribution >= 4 is 5.91 Å². The van der Waals surface area contributed by atoms with E-state index in [1.54, 1.807) is 43.5 Å². The summed E-state index contributed by atoms with van der Waals surface area (Å²) in [6.45, 7) is 0.0295. The van der Waals surface area contributed by atoms with Gasteiger partial charge in [0, 0.05) is 24.7 Å². The van der Waals surface area contributed by atoms with Crippen molar-refractivity contribution < 1.29 is 23.2 Å². The third kappa shape index (κ3) is 3.51. The number of carbonyl (C=O) groups excluding carboxylic acids is 1. The number of pyridine rings is 1. The van der Waals surface area contributed by atoms with E-state index in [0.29, 0.717) is 11.3 Å². The summed E-state index contributed by atoms with van der Waals surface area (Å²) in [4.78, 5) is 22.4. The Balaban J connectivity index is 1.53. The number of ether oxygens (including phenoxy) is 2. The Labute approximate surface area is 166 Å². The van der Waals surface area contributed by atoms with Crippen LogP contribution in [0.1, 0.15) is 22.7 Å². The van der Waals surface area contributed by atoms with Crippen LogP contribution in [0.3, 0.4) is 0 Å². The smallest absolute Gasteiger partial charge is 0.266 e.